The first-order valence-corrected chi connectivity index (χ1v) is 16.3. The molecule has 0 radical (unpaired) electrons. The Hall–Kier alpha value is -8.09. The molecule has 0 saturated carbocycles. The van der Waals surface area contributed by atoms with Crippen molar-refractivity contribution < 1.29 is 9.59 Å². The standard InChI is InChI=1S/2C12H7N5O.C11H6N6O/c1-6-14-15-12-13-10-9(16-17(6)12)7-4-2-3-5-8(7)11(10)18;1-6-14-15-12-13-9-7-4-2-3-5-8(7)11(18)10(9)16-17(6)12;12-10-14-15-11-13-7-5-3-1-2-4-6(5)9(18)8(7)16-17(10)11/h2*2-5H,1H3;1-4,12,16H. The number of nitrogens with zero attached hydrogens (tertiary/aromatic N) is 14. The van der Waals surface area contributed by atoms with E-state index >= 15 is 0 Å². The van der Waals surface area contributed by atoms with E-state index in [2.05, 4.69) is 60.8 Å². The average molecular weight is 713 g/mol. The summed E-state index contributed by atoms with van der Waals surface area (Å²) in [7, 11) is 0. The molecule has 258 valence electrons. The molecule has 6 aromatic heterocycles. The van der Waals surface area contributed by atoms with Crippen LogP contribution >= 0.6 is 0 Å². The molecular weight excluding hydrogens is 692 g/mol. The monoisotopic (exact) mass is 712 g/mol. The minimum Gasteiger partial charge on any atom is -0.287 e. The maximum atomic E-state index is 12.2. The summed E-state index contributed by atoms with van der Waals surface area (Å²) in [5.74, 6) is 2.12. The number of benzene rings is 3. The lowest BCUT2D eigenvalue weighted by Gasteiger charge is -1.98. The quantitative estimate of drug-likeness (QED) is 0.229. The van der Waals surface area contributed by atoms with Gasteiger partial charge in [0.2, 0.25) is 17.0 Å². The highest BCUT2D eigenvalue weighted by Gasteiger charge is 2.32. The first-order valence-electron chi connectivity index (χ1n) is 16.3. The number of rotatable bonds is 0. The number of nitrogens with one attached hydrogen (secondary N) is 2. The molecule has 2 aliphatic rings. The zero-order valence-electron chi connectivity index (χ0n) is 27.9. The Kier molecular flexibility index (Phi) is 6.37. The second-order valence-corrected chi connectivity index (χ2v) is 12.3. The number of aromatic nitrogens is 15. The van der Waals surface area contributed by atoms with Crippen LogP contribution in [0.4, 0.5) is 0 Å². The van der Waals surface area contributed by atoms with Crippen LogP contribution in [0.1, 0.15) is 43.8 Å². The Balaban J connectivity index is 0.000000100. The van der Waals surface area contributed by atoms with E-state index in [-0.39, 0.29) is 28.4 Å². The fourth-order valence-electron chi connectivity index (χ4n) is 6.53. The Bertz CT molecular complexity index is 3360. The van der Waals surface area contributed by atoms with E-state index in [4.69, 9.17) is 5.41 Å². The van der Waals surface area contributed by atoms with Crippen molar-refractivity contribution in [2.45, 2.75) is 13.8 Å². The summed E-state index contributed by atoms with van der Waals surface area (Å²) in [5.41, 5.74) is 5.58. The number of ketones is 2. The minimum atomic E-state index is -0.122. The van der Waals surface area contributed by atoms with Gasteiger partial charge in [0, 0.05) is 33.0 Å². The fraction of sp³-hybridized carbons (Fsp3) is 0.0571. The van der Waals surface area contributed by atoms with Crippen molar-refractivity contribution in [2.24, 2.45) is 0 Å². The number of carbonyl (C=O) groups excluding carboxylic acids is 2. The van der Waals surface area contributed by atoms with E-state index in [0.717, 1.165) is 16.5 Å². The van der Waals surface area contributed by atoms with Crippen LogP contribution in [-0.2, 0) is 0 Å². The molecule has 19 nitrogen and oxygen atoms in total. The van der Waals surface area contributed by atoms with Crippen molar-refractivity contribution in [3.05, 3.63) is 123 Å². The lowest BCUT2D eigenvalue weighted by molar-refractivity contribution is 0.103. The van der Waals surface area contributed by atoms with Crippen molar-refractivity contribution in [3.63, 3.8) is 0 Å². The Morgan fingerprint density at radius 3 is 1.72 bits per heavy atom. The van der Waals surface area contributed by atoms with Gasteiger partial charge in [-0.2, -0.15) is 23.7 Å². The maximum absolute atomic E-state index is 12.2. The second-order valence-electron chi connectivity index (χ2n) is 12.3. The third-order valence-electron chi connectivity index (χ3n) is 9.09. The molecular formula is C35H20N16O3. The number of fused-ring (bicyclic) bond motifs is 12. The summed E-state index contributed by atoms with van der Waals surface area (Å²) in [4.78, 5) is 49.5. The zero-order chi connectivity index (χ0) is 36.8. The van der Waals surface area contributed by atoms with E-state index in [1.807, 2.05) is 54.6 Å². The molecule has 19 heteroatoms. The highest BCUT2D eigenvalue weighted by atomic mass is 16.1. The van der Waals surface area contributed by atoms with Crippen LogP contribution in [0, 0.1) is 19.3 Å². The van der Waals surface area contributed by atoms with E-state index in [1.54, 1.807) is 36.6 Å². The minimum absolute atomic E-state index is 0.0796. The molecule has 2 aliphatic carbocycles. The van der Waals surface area contributed by atoms with Crippen molar-refractivity contribution in [1.82, 2.24) is 74.4 Å². The summed E-state index contributed by atoms with van der Waals surface area (Å²) >= 11 is 0. The van der Waals surface area contributed by atoms with Crippen LogP contribution in [0.2, 0.25) is 0 Å². The van der Waals surface area contributed by atoms with Gasteiger partial charge in [0.25, 0.3) is 23.0 Å². The number of H-pyrrole nitrogens is 1. The molecule has 2 N–H and O–H groups in total. The SMILES string of the molecule is Cc1nnc2nc3c(nn12)-c1ccccc1C3=O.Cc1nnc2nc3c(nn12)C(=O)c1ccccc1-3.N=c1nnc2nc3c([nH]n12)c(=O)c1ccccc13. The lowest BCUT2D eigenvalue weighted by Crippen LogP contribution is -2.14. The van der Waals surface area contributed by atoms with Gasteiger partial charge >= 0.3 is 0 Å². The van der Waals surface area contributed by atoms with Crippen molar-refractivity contribution in [3.8, 4) is 22.5 Å². The number of aryl methyl sites for hydroxylation is 2. The zero-order valence-corrected chi connectivity index (χ0v) is 27.9. The molecule has 0 saturated heterocycles. The Labute approximate surface area is 298 Å². The van der Waals surface area contributed by atoms with Crippen LogP contribution < -0.4 is 11.0 Å². The summed E-state index contributed by atoms with van der Waals surface area (Å²) < 4.78 is 4.32. The third kappa shape index (κ3) is 4.38. The molecule has 0 amide bonds. The van der Waals surface area contributed by atoms with Crippen LogP contribution in [0.15, 0.2) is 77.6 Å². The number of carbonyl (C=O) groups is 2. The van der Waals surface area contributed by atoms with Gasteiger partial charge in [0.1, 0.15) is 28.1 Å². The molecule has 0 unspecified atom stereocenters. The summed E-state index contributed by atoms with van der Waals surface area (Å²) in [6.45, 7) is 3.57. The largest absolute Gasteiger partial charge is 0.287 e. The first kappa shape index (κ1) is 30.7. The van der Waals surface area contributed by atoms with E-state index in [9.17, 15) is 14.4 Å². The van der Waals surface area contributed by atoms with Gasteiger partial charge < -0.3 is 0 Å². The molecule has 4 aromatic carbocycles. The molecule has 0 spiro atoms. The molecule has 0 fully saturated rings. The smallest absolute Gasteiger partial charge is 0.272 e. The van der Waals surface area contributed by atoms with Gasteiger partial charge in [-0.05, 0) is 13.8 Å². The highest BCUT2D eigenvalue weighted by molar-refractivity contribution is 6.20. The van der Waals surface area contributed by atoms with Gasteiger partial charge in [0.05, 0.1) is 0 Å². The summed E-state index contributed by atoms with van der Waals surface area (Å²) in [6.07, 6.45) is 0. The van der Waals surface area contributed by atoms with Crippen LogP contribution in [-0.4, -0.2) is 86.0 Å². The maximum Gasteiger partial charge on any atom is 0.272 e. The Morgan fingerprint density at radius 1 is 0.537 bits per heavy atom. The van der Waals surface area contributed by atoms with E-state index in [0.29, 0.717) is 73.5 Å². The Morgan fingerprint density at radius 2 is 1.06 bits per heavy atom. The topological polar surface area (TPSA) is 246 Å². The molecule has 0 aliphatic heterocycles. The number of aromatic amines is 1. The van der Waals surface area contributed by atoms with Crippen LogP contribution in [0.25, 0.3) is 61.7 Å². The van der Waals surface area contributed by atoms with Crippen LogP contribution in [0.3, 0.4) is 0 Å². The molecule has 10 aromatic rings. The molecule has 0 atom stereocenters. The van der Waals surface area contributed by atoms with Gasteiger partial charge in [-0.3, -0.25) is 24.9 Å². The van der Waals surface area contributed by atoms with Crippen molar-refractivity contribution >= 4 is 50.7 Å². The van der Waals surface area contributed by atoms with Crippen molar-refractivity contribution in [2.75, 3.05) is 0 Å². The number of hydrogen-bond acceptors (Lipinski definition) is 15. The van der Waals surface area contributed by atoms with E-state index in [1.165, 1.54) is 9.03 Å². The number of hydrogen-bond donors (Lipinski definition) is 2. The lowest BCUT2D eigenvalue weighted by atomic mass is 10.1. The van der Waals surface area contributed by atoms with Gasteiger partial charge in [-0.1, -0.05) is 72.8 Å². The molecule has 0 bridgehead atoms. The first-order chi connectivity index (χ1) is 26.3. The third-order valence-corrected chi connectivity index (χ3v) is 9.09. The average Bonchev–Trinajstić information content (AvgIpc) is 4.04. The summed E-state index contributed by atoms with van der Waals surface area (Å²) in [5, 5.41) is 43.4. The predicted octanol–water partition coefficient (Wildman–Crippen LogP) is 2.11. The normalized spacial score (nSPS) is 12.5. The predicted molar refractivity (Wildman–Crippen MR) is 188 cm³/mol. The van der Waals surface area contributed by atoms with E-state index < -0.39 is 0 Å². The van der Waals surface area contributed by atoms with Crippen LogP contribution in [0.5, 0.6) is 0 Å². The van der Waals surface area contributed by atoms with Gasteiger partial charge in [-0.15, -0.1) is 30.6 Å². The molecule has 54 heavy (non-hydrogen) atoms. The fourth-order valence-corrected chi connectivity index (χ4v) is 6.53. The second kappa shape index (κ2) is 11.2. The van der Waals surface area contributed by atoms with Crippen molar-refractivity contribution in [1.29, 1.82) is 5.41 Å². The highest BCUT2D eigenvalue weighted by Crippen LogP contribution is 2.34. The molecule has 6 heterocycles. The summed E-state index contributed by atoms with van der Waals surface area (Å²) in [6, 6.07) is 22.0. The van der Waals surface area contributed by atoms with Gasteiger partial charge in [-0.25, -0.2) is 15.0 Å². The molecule has 12 rings (SSSR count). The van der Waals surface area contributed by atoms with Gasteiger partial charge in [0.15, 0.2) is 17.3 Å².